The Kier molecular flexibility index (Phi) is 9.06. The summed E-state index contributed by atoms with van der Waals surface area (Å²) in [6.45, 7) is 6.37. The number of carbonyl (C=O) groups excluding carboxylic acids is 3. The molecule has 0 aromatic heterocycles. The maximum atomic E-state index is 13.4. The van der Waals surface area contributed by atoms with E-state index in [4.69, 9.17) is 4.74 Å². The minimum absolute atomic E-state index is 0.0571. The van der Waals surface area contributed by atoms with Gasteiger partial charge < -0.3 is 20.3 Å². The second kappa shape index (κ2) is 11.5. The van der Waals surface area contributed by atoms with Crippen LogP contribution >= 0.6 is 0 Å². The fourth-order valence-electron chi connectivity index (χ4n) is 3.83. The van der Waals surface area contributed by atoms with Crippen molar-refractivity contribution in [1.82, 2.24) is 15.5 Å². The summed E-state index contributed by atoms with van der Waals surface area (Å²) in [6, 6.07) is 8.39. The van der Waals surface area contributed by atoms with Crippen LogP contribution in [0.2, 0.25) is 0 Å². The predicted molar refractivity (Wildman–Crippen MR) is 120 cm³/mol. The monoisotopic (exact) mass is 442 g/mol. The maximum Gasteiger partial charge on any atom is 0.408 e. The summed E-state index contributed by atoms with van der Waals surface area (Å²) < 4.78 is 5.17. The summed E-state index contributed by atoms with van der Waals surface area (Å²) in [5, 5.41) is 14.9. The summed E-state index contributed by atoms with van der Waals surface area (Å²) in [5.74, 6) is -0.850. The molecule has 1 aliphatic carbocycles. The third-order valence-electron chi connectivity index (χ3n) is 5.34. The van der Waals surface area contributed by atoms with Crippen LogP contribution in [0.4, 0.5) is 4.79 Å². The Labute approximate surface area is 190 Å². The summed E-state index contributed by atoms with van der Waals surface area (Å²) in [4.78, 5) is 39.6. The number of nitriles is 1. The molecule has 2 N–H and O–H groups in total. The average Bonchev–Trinajstić information content (AvgIpc) is 2.72. The second-order valence-electron chi connectivity index (χ2n) is 9.14. The standard InChI is InChI=1S/C24H34N4O4/c1-17-10-8-9-13-19(17)21(22(30)27-18-11-6-5-7-12-18)28(15-14-25)20(29)16-26-23(31)32-24(2,3)4/h8-10,13,18,21H,5-7,11-12,15-16H2,1-4H3,(H,26,31)(H,27,30). The number of amides is 3. The van der Waals surface area contributed by atoms with Crippen LogP contribution in [0.25, 0.3) is 0 Å². The van der Waals surface area contributed by atoms with E-state index < -0.39 is 23.6 Å². The Balaban J connectivity index is 2.25. The van der Waals surface area contributed by atoms with E-state index in [1.165, 1.54) is 4.90 Å². The Morgan fingerprint density at radius 1 is 1.19 bits per heavy atom. The van der Waals surface area contributed by atoms with Crippen molar-refractivity contribution in [1.29, 1.82) is 5.26 Å². The Morgan fingerprint density at radius 3 is 2.44 bits per heavy atom. The second-order valence-corrected chi connectivity index (χ2v) is 9.14. The molecule has 8 heteroatoms. The molecule has 0 radical (unpaired) electrons. The summed E-state index contributed by atoms with van der Waals surface area (Å²) >= 11 is 0. The van der Waals surface area contributed by atoms with Gasteiger partial charge >= 0.3 is 6.09 Å². The van der Waals surface area contributed by atoms with Gasteiger partial charge in [0.25, 0.3) is 0 Å². The van der Waals surface area contributed by atoms with Gasteiger partial charge in [0.05, 0.1) is 6.07 Å². The number of rotatable bonds is 7. The number of alkyl carbamates (subject to hydrolysis) is 1. The van der Waals surface area contributed by atoms with E-state index in [2.05, 4.69) is 10.6 Å². The highest BCUT2D eigenvalue weighted by Gasteiger charge is 2.33. The average molecular weight is 443 g/mol. The van der Waals surface area contributed by atoms with Crippen molar-refractivity contribution in [3.8, 4) is 6.07 Å². The highest BCUT2D eigenvalue weighted by Crippen LogP contribution is 2.26. The van der Waals surface area contributed by atoms with E-state index >= 15 is 0 Å². The number of nitrogens with zero attached hydrogens (tertiary/aromatic N) is 2. The molecule has 174 valence electrons. The van der Waals surface area contributed by atoms with Crippen molar-refractivity contribution in [2.24, 2.45) is 0 Å². The van der Waals surface area contributed by atoms with Gasteiger partial charge in [-0.3, -0.25) is 9.59 Å². The molecule has 1 aliphatic rings. The van der Waals surface area contributed by atoms with Crippen molar-refractivity contribution >= 4 is 17.9 Å². The van der Waals surface area contributed by atoms with Crippen molar-refractivity contribution in [3.63, 3.8) is 0 Å². The van der Waals surface area contributed by atoms with Gasteiger partial charge in [-0.1, -0.05) is 43.5 Å². The first kappa shape index (κ1) is 25.2. The molecule has 2 rings (SSSR count). The first-order valence-corrected chi connectivity index (χ1v) is 11.1. The lowest BCUT2D eigenvalue weighted by atomic mass is 9.94. The number of hydrogen-bond donors (Lipinski definition) is 2. The zero-order chi connectivity index (χ0) is 23.7. The summed E-state index contributed by atoms with van der Waals surface area (Å²) in [6.07, 6.45) is 4.34. The van der Waals surface area contributed by atoms with Crippen LogP contribution in [-0.2, 0) is 14.3 Å². The van der Waals surface area contributed by atoms with Gasteiger partial charge in [-0.05, 0) is 51.7 Å². The first-order chi connectivity index (χ1) is 15.1. The van der Waals surface area contributed by atoms with Gasteiger partial charge in [0.2, 0.25) is 11.8 Å². The van der Waals surface area contributed by atoms with Gasteiger partial charge in [0.1, 0.15) is 24.7 Å². The van der Waals surface area contributed by atoms with Crippen molar-refractivity contribution < 1.29 is 19.1 Å². The Bertz CT molecular complexity index is 850. The van der Waals surface area contributed by atoms with E-state index in [9.17, 15) is 19.6 Å². The Morgan fingerprint density at radius 2 is 1.84 bits per heavy atom. The molecule has 0 bridgehead atoms. The van der Waals surface area contributed by atoms with Gasteiger partial charge in [-0.25, -0.2) is 4.79 Å². The molecule has 32 heavy (non-hydrogen) atoms. The molecule has 1 atom stereocenters. The molecule has 1 fully saturated rings. The minimum atomic E-state index is -0.967. The molecule has 3 amide bonds. The zero-order valence-electron chi connectivity index (χ0n) is 19.4. The third kappa shape index (κ3) is 7.56. The lowest BCUT2D eigenvalue weighted by molar-refractivity contribution is -0.139. The lowest BCUT2D eigenvalue weighted by Crippen LogP contribution is -2.50. The highest BCUT2D eigenvalue weighted by atomic mass is 16.6. The number of nitrogens with one attached hydrogen (secondary N) is 2. The predicted octanol–water partition coefficient (Wildman–Crippen LogP) is 3.36. The minimum Gasteiger partial charge on any atom is -0.444 e. The summed E-state index contributed by atoms with van der Waals surface area (Å²) in [7, 11) is 0. The maximum absolute atomic E-state index is 13.4. The molecular formula is C24H34N4O4. The van der Waals surface area contributed by atoms with Crippen LogP contribution in [0.15, 0.2) is 24.3 Å². The Hall–Kier alpha value is -3.08. The number of hydrogen-bond acceptors (Lipinski definition) is 5. The molecule has 0 spiro atoms. The number of aryl methyl sites for hydroxylation is 1. The molecule has 1 aromatic carbocycles. The molecule has 1 aromatic rings. The number of benzene rings is 1. The topological polar surface area (TPSA) is 112 Å². The molecule has 1 saturated carbocycles. The van der Waals surface area contributed by atoms with Crippen molar-refractivity contribution in [2.75, 3.05) is 13.1 Å². The highest BCUT2D eigenvalue weighted by molar-refractivity contribution is 5.91. The first-order valence-electron chi connectivity index (χ1n) is 11.1. The molecule has 0 aliphatic heterocycles. The van der Waals surface area contributed by atoms with E-state index in [1.54, 1.807) is 32.9 Å². The largest absolute Gasteiger partial charge is 0.444 e. The fraction of sp³-hybridized carbons (Fsp3) is 0.583. The van der Waals surface area contributed by atoms with Crippen molar-refractivity contribution in [2.45, 2.75) is 77.5 Å². The van der Waals surface area contributed by atoms with Gasteiger partial charge in [-0.15, -0.1) is 0 Å². The van der Waals surface area contributed by atoms with E-state index in [-0.39, 0.29) is 25.0 Å². The van der Waals surface area contributed by atoms with Crippen LogP contribution in [0.1, 0.15) is 70.0 Å². The molecular weight excluding hydrogens is 408 g/mol. The van der Waals surface area contributed by atoms with Crippen LogP contribution in [-0.4, -0.2) is 47.5 Å². The molecule has 0 heterocycles. The van der Waals surface area contributed by atoms with Gasteiger partial charge in [0.15, 0.2) is 0 Å². The molecule has 1 unspecified atom stereocenters. The lowest BCUT2D eigenvalue weighted by Gasteiger charge is -2.32. The third-order valence-corrected chi connectivity index (χ3v) is 5.34. The van der Waals surface area contributed by atoms with Gasteiger partial charge in [-0.2, -0.15) is 5.26 Å². The zero-order valence-corrected chi connectivity index (χ0v) is 19.4. The van der Waals surface area contributed by atoms with Crippen LogP contribution in [0.5, 0.6) is 0 Å². The number of ether oxygens (including phenoxy) is 1. The SMILES string of the molecule is Cc1ccccc1C(C(=O)NC1CCCCC1)N(CC#N)C(=O)CNC(=O)OC(C)(C)C. The van der Waals surface area contributed by atoms with E-state index in [0.717, 1.165) is 37.7 Å². The quantitative estimate of drug-likeness (QED) is 0.629. The van der Waals surface area contributed by atoms with E-state index in [1.807, 2.05) is 25.1 Å². The number of carbonyl (C=O) groups is 3. The molecule has 8 nitrogen and oxygen atoms in total. The van der Waals surface area contributed by atoms with Crippen LogP contribution in [0.3, 0.4) is 0 Å². The van der Waals surface area contributed by atoms with E-state index in [0.29, 0.717) is 5.56 Å². The fourth-order valence-corrected chi connectivity index (χ4v) is 3.83. The smallest absolute Gasteiger partial charge is 0.408 e. The summed E-state index contributed by atoms with van der Waals surface area (Å²) in [5.41, 5.74) is 0.789. The van der Waals surface area contributed by atoms with Crippen LogP contribution < -0.4 is 10.6 Å². The van der Waals surface area contributed by atoms with Gasteiger partial charge in [0, 0.05) is 6.04 Å². The molecule has 0 saturated heterocycles. The van der Waals surface area contributed by atoms with Crippen molar-refractivity contribution in [3.05, 3.63) is 35.4 Å². The normalized spacial score (nSPS) is 15.2. The van der Waals surface area contributed by atoms with Crippen LogP contribution in [0, 0.1) is 18.3 Å².